The number of hydrogen-bond donors (Lipinski definition) is 1. The average Bonchev–Trinajstić information content (AvgIpc) is 2.95. The van der Waals surface area contributed by atoms with Crippen molar-refractivity contribution in [3.8, 4) is 0 Å². The lowest BCUT2D eigenvalue weighted by molar-refractivity contribution is -0.128. The molecule has 0 unspecified atom stereocenters. The first-order valence-electron chi connectivity index (χ1n) is 8.53. The molecule has 2 heterocycles. The Kier molecular flexibility index (Phi) is 5.48. The first-order chi connectivity index (χ1) is 11.6. The molecular formula is C18H25N3O3. The second kappa shape index (κ2) is 7.77. The summed E-state index contributed by atoms with van der Waals surface area (Å²) in [5.74, 6) is -0.243. The molecule has 2 aliphatic rings. The minimum absolute atomic E-state index is 0.0326. The number of hydrogen-bond acceptors (Lipinski definition) is 4. The van der Waals surface area contributed by atoms with Crippen molar-refractivity contribution in [2.24, 2.45) is 5.92 Å². The van der Waals surface area contributed by atoms with Gasteiger partial charge in [0, 0.05) is 39.6 Å². The van der Waals surface area contributed by atoms with Gasteiger partial charge in [-0.25, -0.2) is 0 Å². The molecular weight excluding hydrogens is 306 g/mol. The van der Waals surface area contributed by atoms with Gasteiger partial charge in [0.2, 0.25) is 11.8 Å². The van der Waals surface area contributed by atoms with Crippen LogP contribution < -0.4 is 5.32 Å². The first kappa shape index (κ1) is 16.9. The number of carbonyl (C=O) groups is 2. The predicted octanol–water partition coefficient (Wildman–Crippen LogP) is 0.654. The van der Waals surface area contributed by atoms with Gasteiger partial charge in [0.25, 0.3) is 0 Å². The maximum absolute atomic E-state index is 12.6. The van der Waals surface area contributed by atoms with E-state index in [9.17, 15) is 9.59 Å². The van der Waals surface area contributed by atoms with Crippen LogP contribution in [0, 0.1) is 5.92 Å². The average molecular weight is 331 g/mol. The van der Waals surface area contributed by atoms with Crippen molar-refractivity contribution in [1.29, 1.82) is 0 Å². The van der Waals surface area contributed by atoms with E-state index in [1.54, 1.807) is 11.9 Å². The number of ether oxygens (including phenoxy) is 1. The zero-order valence-electron chi connectivity index (χ0n) is 14.1. The van der Waals surface area contributed by atoms with Crippen LogP contribution in [0.25, 0.3) is 0 Å². The van der Waals surface area contributed by atoms with E-state index >= 15 is 0 Å². The molecule has 3 rings (SSSR count). The monoisotopic (exact) mass is 331 g/mol. The lowest BCUT2D eigenvalue weighted by atomic mass is 10.0. The maximum Gasteiger partial charge on any atom is 0.225 e. The van der Waals surface area contributed by atoms with Crippen LogP contribution in [0.5, 0.6) is 0 Å². The van der Waals surface area contributed by atoms with Crippen molar-refractivity contribution in [1.82, 2.24) is 15.1 Å². The third kappa shape index (κ3) is 4.13. The highest BCUT2D eigenvalue weighted by Crippen LogP contribution is 2.20. The molecule has 6 nitrogen and oxygen atoms in total. The van der Waals surface area contributed by atoms with E-state index in [0.717, 1.165) is 38.4 Å². The highest BCUT2D eigenvalue weighted by atomic mass is 16.5. The van der Waals surface area contributed by atoms with E-state index in [0.29, 0.717) is 13.0 Å². The molecule has 1 aromatic carbocycles. The Morgan fingerprint density at radius 1 is 1.29 bits per heavy atom. The van der Waals surface area contributed by atoms with E-state index in [1.807, 2.05) is 30.3 Å². The Balaban J connectivity index is 1.67. The van der Waals surface area contributed by atoms with Crippen LogP contribution in [0.1, 0.15) is 18.0 Å². The van der Waals surface area contributed by atoms with Crippen molar-refractivity contribution in [3.05, 3.63) is 35.9 Å². The fraction of sp³-hybridized carbons (Fsp3) is 0.556. The number of carbonyl (C=O) groups excluding carboxylic acids is 2. The van der Waals surface area contributed by atoms with Gasteiger partial charge in [-0.15, -0.1) is 0 Å². The number of morpholine rings is 1. The summed E-state index contributed by atoms with van der Waals surface area (Å²) < 4.78 is 5.40. The fourth-order valence-electron chi connectivity index (χ4n) is 3.29. The zero-order chi connectivity index (χ0) is 16.9. The standard InChI is InChI=1S/C18H25N3O3/c1-20-12-15(11-17(20)22)18(23)19-16(14-5-3-2-4-6-14)13-21-7-9-24-10-8-21/h2-6,15-16H,7-13H2,1H3,(H,19,23)/t15-,16+/m0/s1. The summed E-state index contributed by atoms with van der Waals surface area (Å²) in [5, 5.41) is 3.16. The molecule has 0 aromatic heterocycles. The van der Waals surface area contributed by atoms with Gasteiger partial charge in [-0.2, -0.15) is 0 Å². The quantitative estimate of drug-likeness (QED) is 0.861. The van der Waals surface area contributed by atoms with Crippen LogP contribution in [0.2, 0.25) is 0 Å². The first-order valence-corrected chi connectivity index (χ1v) is 8.53. The fourth-order valence-corrected chi connectivity index (χ4v) is 3.29. The molecule has 0 spiro atoms. The highest BCUT2D eigenvalue weighted by molar-refractivity contribution is 5.89. The molecule has 2 fully saturated rings. The Bertz CT molecular complexity index is 572. The molecule has 0 saturated carbocycles. The minimum Gasteiger partial charge on any atom is -0.379 e. The van der Waals surface area contributed by atoms with E-state index in [4.69, 9.17) is 4.74 Å². The summed E-state index contributed by atoms with van der Waals surface area (Å²) in [6.07, 6.45) is 0.307. The smallest absolute Gasteiger partial charge is 0.225 e. The molecule has 130 valence electrons. The number of amides is 2. The van der Waals surface area contributed by atoms with Gasteiger partial charge in [-0.3, -0.25) is 14.5 Å². The van der Waals surface area contributed by atoms with Gasteiger partial charge in [-0.1, -0.05) is 30.3 Å². The second-order valence-electron chi connectivity index (χ2n) is 6.56. The van der Waals surface area contributed by atoms with E-state index < -0.39 is 0 Å². The van der Waals surface area contributed by atoms with Crippen LogP contribution in [0.15, 0.2) is 30.3 Å². The summed E-state index contributed by atoms with van der Waals surface area (Å²) in [7, 11) is 1.75. The van der Waals surface area contributed by atoms with Gasteiger partial charge in [0.15, 0.2) is 0 Å². The highest BCUT2D eigenvalue weighted by Gasteiger charge is 2.33. The molecule has 2 amide bonds. The van der Waals surface area contributed by atoms with Crippen LogP contribution in [-0.2, 0) is 14.3 Å². The SMILES string of the molecule is CN1C[C@@H](C(=O)N[C@H](CN2CCOCC2)c2ccccc2)CC1=O. The molecule has 2 aliphatic heterocycles. The van der Waals surface area contributed by atoms with Crippen LogP contribution >= 0.6 is 0 Å². The number of nitrogens with zero attached hydrogens (tertiary/aromatic N) is 2. The number of benzene rings is 1. The summed E-state index contributed by atoms with van der Waals surface area (Å²) in [6, 6.07) is 9.95. The number of likely N-dealkylation sites (tertiary alicyclic amines) is 1. The molecule has 0 aliphatic carbocycles. The van der Waals surface area contributed by atoms with Gasteiger partial charge < -0.3 is 15.0 Å². The number of rotatable bonds is 5. The lowest BCUT2D eigenvalue weighted by Crippen LogP contribution is -2.44. The van der Waals surface area contributed by atoms with E-state index in [1.165, 1.54) is 0 Å². The van der Waals surface area contributed by atoms with Crippen molar-refractivity contribution in [3.63, 3.8) is 0 Å². The van der Waals surface area contributed by atoms with Crippen molar-refractivity contribution in [2.45, 2.75) is 12.5 Å². The summed E-state index contributed by atoms with van der Waals surface area (Å²) in [5.41, 5.74) is 1.09. The maximum atomic E-state index is 12.6. The molecule has 6 heteroatoms. The van der Waals surface area contributed by atoms with Crippen molar-refractivity contribution < 1.29 is 14.3 Å². The molecule has 24 heavy (non-hydrogen) atoms. The summed E-state index contributed by atoms with van der Waals surface area (Å²) in [4.78, 5) is 28.3. The predicted molar refractivity (Wildman–Crippen MR) is 90.3 cm³/mol. The molecule has 1 aromatic rings. The van der Waals surface area contributed by atoms with E-state index in [2.05, 4.69) is 10.2 Å². The summed E-state index contributed by atoms with van der Waals surface area (Å²) in [6.45, 7) is 4.49. The normalized spacial score (nSPS) is 23.3. The third-order valence-electron chi connectivity index (χ3n) is 4.77. The van der Waals surface area contributed by atoms with Gasteiger partial charge in [-0.05, 0) is 5.56 Å². The van der Waals surface area contributed by atoms with Gasteiger partial charge in [0.1, 0.15) is 0 Å². The number of nitrogens with one attached hydrogen (secondary N) is 1. The van der Waals surface area contributed by atoms with Gasteiger partial charge in [0.05, 0.1) is 25.2 Å². The van der Waals surface area contributed by atoms with Crippen LogP contribution in [-0.4, -0.2) is 68.1 Å². The van der Waals surface area contributed by atoms with Crippen LogP contribution in [0.4, 0.5) is 0 Å². The largest absolute Gasteiger partial charge is 0.379 e. The molecule has 2 atom stereocenters. The van der Waals surface area contributed by atoms with Crippen molar-refractivity contribution >= 4 is 11.8 Å². The topological polar surface area (TPSA) is 61.9 Å². The Morgan fingerprint density at radius 3 is 2.62 bits per heavy atom. The molecule has 0 radical (unpaired) electrons. The molecule has 2 saturated heterocycles. The van der Waals surface area contributed by atoms with Crippen LogP contribution in [0.3, 0.4) is 0 Å². The second-order valence-corrected chi connectivity index (χ2v) is 6.56. The molecule has 0 bridgehead atoms. The Morgan fingerprint density at radius 2 is 2.00 bits per heavy atom. The Labute approximate surface area is 142 Å². The van der Waals surface area contributed by atoms with Gasteiger partial charge >= 0.3 is 0 Å². The van der Waals surface area contributed by atoms with E-state index in [-0.39, 0.29) is 23.8 Å². The lowest BCUT2D eigenvalue weighted by Gasteiger charge is -2.31. The Hall–Kier alpha value is -1.92. The third-order valence-corrected chi connectivity index (χ3v) is 4.77. The zero-order valence-corrected chi connectivity index (χ0v) is 14.1. The molecule has 1 N–H and O–H groups in total. The minimum atomic E-state index is -0.251. The summed E-state index contributed by atoms with van der Waals surface area (Å²) >= 11 is 0. The van der Waals surface area contributed by atoms with Crippen molar-refractivity contribution in [2.75, 3.05) is 46.4 Å².